The molecule has 1 saturated heterocycles. The van der Waals surface area contributed by atoms with Gasteiger partial charge in [0.1, 0.15) is 6.33 Å². The van der Waals surface area contributed by atoms with Crippen molar-refractivity contribution in [2.75, 3.05) is 6.61 Å². The van der Waals surface area contributed by atoms with Gasteiger partial charge in [-0.05, 0) is 24.0 Å². The number of aliphatic hydroxyl groups excluding tert-OH is 1. The monoisotopic (exact) mass is 433 g/mol. The predicted molar refractivity (Wildman–Crippen MR) is 122 cm³/mol. The first kappa shape index (κ1) is 21.9. The highest BCUT2D eigenvalue weighted by Crippen LogP contribution is 2.20. The van der Waals surface area contributed by atoms with E-state index in [1.807, 2.05) is 36.4 Å². The standard InChI is InChI=1S/C24H27N5O3/c30-16-22-12-11-21(32-22)15-29-18-26-23(27-24(29)31)25-17-28(13-19-7-3-1-4-8-19)14-20-9-5-2-6-10-20/h1-10,17-18,21-22,30H,11-16H2/b25-17-/t21-,22+/m1/s1. The van der Waals surface area contributed by atoms with E-state index in [4.69, 9.17) is 4.74 Å². The third kappa shape index (κ3) is 6.09. The molecule has 1 N–H and O–H groups in total. The molecule has 4 rings (SSSR count). The summed E-state index contributed by atoms with van der Waals surface area (Å²) in [6.45, 7) is 1.70. The summed E-state index contributed by atoms with van der Waals surface area (Å²) in [7, 11) is 0. The summed E-state index contributed by atoms with van der Waals surface area (Å²) < 4.78 is 7.12. The van der Waals surface area contributed by atoms with Crippen LogP contribution in [-0.4, -0.2) is 49.7 Å². The second-order valence-electron chi connectivity index (χ2n) is 7.85. The molecular weight excluding hydrogens is 406 g/mol. The van der Waals surface area contributed by atoms with Crippen molar-refractivity contribution in [3.05, 3.63) is 88.6 Å². The third-order valence-corrected chi connectivity index (χ3v) is 5.35. The molecule has 3 aromatic rings. The number of rotatable bonds is 9. The molecule has 8 heteroatoms. The highest BCUT2D eigenvalue weighted by atomic mass is 16.5. The van der Waals surface area contributed by atoms with Gasteiger partial charge in [-0.25, -0.2) is 14.8 Å². The number of aromatic nitrogens is 3. The van der Waals surface area contributed by atoms with E-state index in [1.165, 1.54) is 10.9 Å². The lowest BCUT2D eigenvalue weighted by Gasteiger charge is -2.19. The van der Waals surface area contributed by atoms with Crippen LogP contribution in [0.2, 0.25) is 0 Å². The molecule has 0 unspecified atom stereocenters. The first-order chi connectivity index (χ1) is 15.7. The lowest BCUT2D eigenvalue weighted by atomic mass is 10.2. The molecule has 1 fully saturated rings. The van der Waals surface area contributed by atoms with Crippen LogP contribution in [0.4, 0.5) is 5.95 Å². The molecule has 1 aliphatic rings. The Bertz CT molecular complexity index is 1030. The van der Waals surface area contributed by atoms with Crippen LogP contribution in [0.3, 0.4) is 0 Å². The van der Waals surface area contributed by atoms with Gasteiger partial charge >= 0.3 is 5.69 Å². The number of hydrogen-bond donors (Lipinski definition) is 1. The lowest BCUT2D eigenvalue weighted by molar-refractivity contribution is 0.00434. The minimum absolute atomic E-state index is 0.00197. The maximum absolute atomic E-state index is 12.4. The molecule has 1 aliphatic heterocycles. The number of hydrogen-bond acceptors (Lipinski definition) is 6. The van der Waals surface area contributed by atoms with Crippen LogP contribution in [0.1, 0.15) is 24.0 Å². The van der Waals surface area contributed by atoms with Gasteiger partial charge in [0.2, 0.25) is 0 Å². The Kier molecular flexibility index (Phi) is 7.37. The summed E-state index contributed by atoms with van der Waals surface area (Å²) in [6.07, 6.45) is 4.46. The normalized spacial score (nSPS) is 18.3. The van der Waals surface area contributed by atoms with Crippen molar-refractivity contribution in [2.24, 2.45) is 4.99 Å². The SMILES string of the molecule is O=c1nc(/N=C\N(Cc2ccccc2)Cc2ccccc2)ncn1C[C@H]1CC[C@@H](CO)O1. The van der Waals surface area contributed by atoms with Crippen LogP contribution >= 0.6 is 0 Å². The molecular formula is C24H27N5O3. The molecule has 2 atom stereocenters. The second kappa shape index (κ2) is 10.8. The van der Waals surface area contributed by atoms with Crippen molar-refractivity contribution >= 4 is 12.3 Å². The minimum Gasteiger partial charge on any atom is -0.394 e. The lowest BCUT2D eigenvalue weighted by Crippen LogP contribution is -2.29. The minimum atomic E-state index is -0.416. The topological polar surface area (TPSA) is 92.8 Å². The Morgan fingerprint density at radius 2 is 1.66 bits per heavy atom. The van der Waals surface area contributed by atoms with E-state index in [2.05, 4.69) is 44.1 Å². The van der Waals surface area contributed by atoms with Gasteiger partial charge in [-0.2, -0.15) is 4.98 Å². The van der Waals surface area contributed by atoms with Crippen molar-refractivity contribution in [1.82, 2.24) is 19.4 Å². The summed E-state index contributed by atoms with van der Waals surface area (Å²) in [5, 5.41) is 9.19. The van der Waals surface area contributed by atoms with Crippen molar-refractivity contribution in [1.29, 1.82) is 0 Å². The fourth-order valence-electron chi connectivity index (χ4n) is 3.71. The molecule has 0 aliphatic carbocycles. The molecule has 8 nitrogen and oxygen atoms in total. The maximum Gasteiger partial charge on any atom is 0.352 e. The van der Waals surface area contributed by atoms with Crippen LogP contribution in [0.5, 0.6) is 0 Å². The number of benzene rings is 2. The van der Waals surface area contributed by atoms with Crippen LogP contribution in [0.15, 0.2) is 76.8 Å². The van der Waals surface area contributed by atoms with Gasteiger partial charge in [-0.3, -0.25) is 4.57 Å². The fraction of sp³-hybridized carbons (Fsp3) is 0.333. The van der Waals surface area contributed by atoms with Gasteiger partial charge in [0.15, 0.2) is 0 Å². The molecule has 1 aromatic heterocycles. The molecule has 0 radical (unpaired) electrons. The number of nitrogens with zero attached hydrogens (tertiary/aromatic N) is 5. The first-order valence-corrected chi connectivity index (χ1v) is 10.8. The quantitative estimate of drug-likeness (QED) is 0.412. The molecule has 0 spiro atoms. The zero-order valence-corrected chi connectivity index (χ0v) is 17.8. The van der Waals surface area contributed by atoms with E-state index in [1.54, 1.807) is 6.34 Å². The van der Waals surface area contributed by atoms with Gasteiger partial charge in [0.25, 0.3) is 5.95 Å². The van der Waals surface area contributed by atoms with Crippen LogP contribution < -0.4 is 5.69 Å². The second-order valence-corrected chi connectivity index (χ2v) is 7.85. The third-order valence-electron chi connectivity index (χ3n) is 5.35. The Hall–Kier alpha value is -3.36. The smallest absolute Gasteiger partial charge is 0.352 e. The van der Waals surface area contributed by atoms with E-state index >= 15 is 0 Å². The van der Waals surface area contributed by atoms with Crippen LogP contribution in [-0.2, 0) is 24.4 Å². The zero-order chi connectivity index (χ0) is 22.2. The number of ether oxygens (including phenoxy) is 1. The van der Waals surface area contributed by atoms with Gasteiger partial charge in [0, 0.05) is 13.1 Å². The largest absolute Gasteiger partial charge is 0.394 e. The summed E-state index contributed by atoms with van der Waals surface area (Å²) >= 11 is 0. The van der Waals surface area contributed by atoms with E-state index in [-0.39, 0.29) is 24.8 Å². The summed E-state index contributed by atoms with van der Waals surface area (Å²) in [5.41, 5.74) is 1.90. The van der Waals surface area contributed by atoms with Gasteiger partial charge in [-0.1, -0.05) is 60.7 Å². The highest BCUT2D eigenvalue weighted by Gasteiger charge is 2.25. The van der Waals surface area contributed by atoms with E-state index in [0.29, 0.717) is 19.6 Å². The van der Waals surface area contributed by atoms with Crippen molar-refractivity contribution < 1.29 is 9.84 Å². The predicted octanol–water partition coefficient (Wildman–Crippen LogP) is 2.54. The van der Waals surface area contributed by atoms with Crippen molar-refractivity contribution in [3.8, 4) is 0 Å². The Labute approximate surface area is 186 Å². The summed E-state index contributed by atoms with van der Waals surface area (Å²) in [4.78, 5) is 27.1. The van der Waals surface area contributed by atoms with Crippen molar-refractivity contribution in [3.63, 3.8) is 0 Å². The Balaban J connectivity index is 1.45. The molecule has 0 amide bonds. The average molecular weight is 434 g/mol. The van der Waals surface area contributed by atoms with E-state index in [0.717, 1.165) is 24.0 Å². The molecule has 2 aromatic carbocycles. The summed E-state index contributed by atoms with van der Waals surface area (Å²) in [5.74, 6) is 0.123. The average Bonchev–Trinajstić information content (AvgIpc) is 3.28. The van der Waals surface area contributed by atoms with Gasteiger partial charge in [0.05, 0.1) is 31.7 Å². The molecule has 0 saturated carbocycles. The molecule has 32 heavy (non-hydrogen) atoms. The number of aliphatic imine (C=N–C) groups is 1. The first-order valence-electron chi connectivity index (χ1n) is 10.8. The van der Waals surface area contributed by atoms with Crippen LogP contribution in [0, 0.1) is 0 Å². The molecule has 0 bridgehead atoms. The molecule has 2 heterocycles. The van der Waals surface area contributed by atoms with Crippen molar-refractivity contribution in [2.45, 2.75) is 44.7 Å². The van der Waals surface area contributed by atoms with E-state index < -0.39 is 5.69 Å². The van der Waals surface area contributed by atoms with E-state index in [9.17, 15) is 9.90 Å². The Morgan fingerprint density at radius 3 is 2.22 bits per heavy atom. The Morgan fingerprint density at radius 1 is 1.03 bits per heavy atom. The van der Waals surface area contributed by atoms with Crippen LogP contribution in [0.25, 0.3) is 0 Å². The highest BCUT2D eigenvalue weighted by molar-refractivity contribution is 5.58. The maximum atomic E-state index is 12.4. The molecule has 166 valence electrons. The summed E-state index contributed by atoms with van der Waals surface area (Å²) in [6, 6.07) is 20.3. The zero-order valence-electron chi connectivity index (χ0n) is 17.8. The van der Waals surface area contributed by atoms with Gasteiger partial charge < -0.3 is 14.7 Å². The van der Waals surface area contributed by atoms with Gasteiger partial charge in [-0.15, -0.1) is 0 Å². The number of aliphatic hydroxyl groups is 1. The fourth-order valence-corrected chi connectivity index (χ4v) is 3.71.